The number of hydrogen-bond acceptors (Lipinski definition) is 3. The molecule has 1 aliphatic carbocycles. The molecule has 2 aromatic carbocycles. The van der Waals surface area contributed by atoms with E-state index in [0.717, 1.165) is 50.0 Å². The molecule has 29 heavy (non-hydrogen) atoms. The van der Waals surface area contributed by atoms with Gasteiger partial charge < -0.3 is 15.4 Å². The monoisotopic (exact) mass is 394 g/mol. The van der Waals surface area contributed by atoms with Gasteiger partial charge in [0.1, 0.15) is 5.75 Å². The number of anilines is 1. The molecule has 1 fully saturated rings. The Balaban J connectivity index is 1.35. The first-order valence-corrected chi connectivity index (χ1v) is 10.4. The van der Waals surface area contributed by atoms with Crippen LogP contribution in [0.4, 0.5) is 5.69 Å². The van der Waals surface area contributed by atoms with Crippen LogP contribution in [0.5, 0.6) is 5.75 Å². The molecule has 154 valence electrons. The van der Waals surface area contributed by atoms with Gasteiger partial charge in [-0.15, -0.1) is 0 Å². The molecule has 1 saturated carbocycles. The molecule has 0 saturated heterocycles. The van der Waals surface area contributed by atoms with Crippen LogP contribution in [0, 0.1) is 11.8 Å². The third-order valence-electron chi connectivity index (χ3n) is 5.61. The summed E-state index contributed by atoms with van der Waals surface area (Å²) in [5.74, 6) is 0.929. The van der Waals surface area contributed by atoms with Crippen molar-refractivity contribution >= 4 is 17.5 Å². The number of amides is 2. The average molecular weight is 395 g/mol. The van der Waals surface area contributed by atoms with Gasteiger partial charge in [0.2, 0.25) is 11.8 Å². The van der Waals surface area contributed by atoms with E-state index in [0.29, 0.717) is 6.54 Å². The van der Waals surface area contributed by atoms with Crippen molar-refractivity contribution in [3.8, 4) is 5.75 Å². The minimum Gasteiger partial charge on any atom is -0.497 e. The van der Waals surface area contributed by atoms with Gasteiger partial charge >= 0.3 is 0 Å². The first-order chi connectivity index (χ1) is 14.2. The SMILES string of the molecule is COc1ccc(NC(=O)C2CCC(C(=O)NCCCc3ccccc3)CC2)cc1. The van der Waals surface area contributed by atoms with E-state index < -0.39 is 0 Å². The summed E-state index contributed by atoms with van der Waals surface area (Å²) in [6, 6.07) is 17.6. The van der Waals surface area contributed by atoms with Crippen molar-refractivity contribution in [2.24, 2.45) is 11.8 Å². The summed E-state index contributed by atoms with van der Waals surface area (Å²) in [5.41, 5.74) is 2.07. The normalized spacial score (nSPS) is 18.7. The van der Waals surface area contributed by atoms with Crippen LogP contribution in [-0.2, 0) is 16.0 Å². The van der Waals surface area contributed by atoms with Gasteiger partial charge in [0, 0.05) is 24.1 Å². The van der Waals surface area contributed by atoms with E-state index in [2.05, 4.69) is 22.8 Å². The lowest BCUT2D eigenvalue weighted by molar-refractivity contribution is -0.128. The fourth-order valence-electron chi connectivity index (χ4n) is 3.83. The van der Waals surface area contributed by atoms with Crippen LogP contribution in [-0.4, -0.2) is 25.5 Å². The molecule has 0 aliphatic heterocycles. The van der Waals surface area contributed by atoms with Gasteiger partial charge in [-0.2, -0.15) is 0 Å². The Bertz CT molecular complexity index is 782. The first-order valence-electron chi connectivity index (χ1n) is 10.4. The predicted molar refractivity (Wildman–Crippen MR) is 115 cm³/mol. The highest BCUT2D eigenvalue weighted by atomic mass is 16.5. The van der Waals surface area contributed by atoms with Crippen LogP contribution in [0.2, 0.25) is 0 Å². The molecule has 2 aromatic rings. The molecule has 0 unspecified atom stereocenters. The molecule has 0 bridgehead atoms. The number of methoxy groups -OCH3 is 1. The lowest BCUT2D eigenvalue weighted by Crippen LogP contribution is -2.36. The van der Waals surface area contributed by atoms with E-state index in [-0.39, 0.29) is 23.7 Å². The summed E-state index contributed by atoms with van der Waals surface area (Å²) in [4.78, 5) is 24.9. The standard InChI is InChI=1S/C24H30N2O3/c1-29-22-15-13-21(14-16-22)26-24(28)20-11-9-19(10-12-20)23(27)25-17-5-8-18-6-3-2-4-7-18/h2-4,6-7,13-16,19-20H,5,8-12,17H2,1H3,(H,25,27)(H,26,28). The Morgan fingerprint density at radius 1 is 0.897 bits per heavy atom. The number of carbonyl (C=O) groups is 2. The second kappa shape index (κ2) is 10.6. The van der Waals surface area contributed by atoms with Crippen LogP contribution >= 0.6 is 0 Å². The number of carbonyl (C=O) groups excluding carboxylic acids is 2. The maximum atomic E-state index is 12.5. The van der Waals surface area contributed by atoms with Crippen molar-refractivity contribution < 1.29 is 14.3 Å². The average Bonchev–Trinajstić information content (AvgIpc) is 2.78. The predicted octanol–water partition coefficient (Wildman–Crippen LogP) is 4.19. The van der Waals surface area contributed by atoms with Gasteiger partial charge in [0.05, 0.1) is 7.11 Å². The number of rotatable bonds is 8. The molecule has 0 heterocycles. The molecule has 5 nitrogen and oxygen atoms in total. The smallest absolute Gasteiger partial charge is 0.227 e. The zero-order valence-electron chi connectivity index (χ0n) is 17.0. The Labute approximate surface area is 172 Å². The second-order valence-electron chi connectivity index (χ2n) is 7.65. The minimum atomic E-state index is -0.0285. The zero-order valence-corrected chi connectivity index (χ0v) is 17.0. The molecule has 1 aliphatic rings. The summed E-state index contributed by atoms with van der Waals surface area (Å²) < 4.78 is 5.13. The van der Waals surface area contributed by atoms with Crippen molar-refractivity contribution in [2.75, 3.05) is 19.0 Å². The number of aryl methyl sites for hydroxylation is 1. The van der Waals surface area contributed by atoms with Crippen LogP contribution in [0.15, 0.2) is 54.6 Å². The van der Waals surface area contributed by atoms with Crippen molar-refractivity contribution in [3.05, 3.63) is 60.2 Å². The first kappa shape index (κ1) is 20.9. The topological polar surface area (TPSA) is 67.4 Å². The van der Waals surface area contributed by atoms with E-state index in [1.165, 1.54) is 5.56 Å². The summed E-state index contributed by atoms with van der Waals surface area (Å²) in [5, 5.41) is 6.04. The Kier molecular flexibility index (Phi) is 7.68. The van der Waals surface area contributed by atoms with Gasteiger partial charge in [-0.25, -0.2) is 0 Å². The molecule has 2 N–H and O–H groups in total. The van der Waals surface area contributed by atoms with Gasteiger partial charge in [0.15, 0.2) is 0 Å². The van der Waals surface area contributed by atoms with Crippen LogP contribution in [0.3, 0.4) is 0 Å². The van der Waals surface area contributed by atoms with Crippen LogP contribution in [0.1, 0.15) is 37.7 Å². The largest absolute Gasteiger partial charge is 0.497 e. The van der Waals surface area contributed by atoms with Gasteiger partial charge in [-0.05, 0) is 68.4 Å². The van der Waals surface area contributed by atoms with E-state index in [4.69, 9.17) is 4.74 Å². The maximum Gasteiger partial charge on any atom is 0.227 e. The number of ether oxygens (including phenoxy) is 1. The van der Waals surface area contributed by atoms with E-state index in [1.54, 1.807) is 7.11 Å². The molecule has 0 atom stereocenters. The lowest BCUT2D eigenvalue weighted by atomic mass is 9.81. The quantitative estimate of drug-likeness (QED) is 0.660. The summed E-state index contributed by atoms with van der Waals surface area (Å²) >= 11 is 0. The van der Waals surface area contributed by atoms with Crippen molar-refractivity contribution in [2.45, 2.75) is 38.5 Å². The van der Waals surface area contributed by atoms with Gasteiger partial charge in [-0.1, -0.05) is 30.3 Å². The summed E-state index contributed by atoms with van der Waals surface area (Å²) in [7, 11) is 1.62. The molecular weight excluding hydrogens is 364 g/mol. The van der Waals surface area contributed by atoms with Crippen LogP contribution < -0.4 is 15.4 Å². The Hall–Kier alpha value is -2.82. The van der Waals surface area contributed by atoms with Crippen LogP contribution in [0.25, 0.3) is 0 Å². The zero-order chi connectivity index (χ0) is 20.5. The van der Waals surface area contributed by atoms with E-state index in [1.807, 2.05) is 42.5 Å². The summed E-state index contributed by atoms with van der Waals surface area (Å²) in [6.07, 6.45) is 4.96. The van der Waals surface area contributed by atoms with Crippen molar-refractivity contribution in [1.82, 2.24) is 5.32 Å². The molecular formula is C24H30N2O3. The van der Waals surface area contributed by atoms with E-state index in [9.17, 15) is 9.59 Å². The van der Waals surface area contributed by atoms with Gasteiger partial charge in [-0.3, -0.25) is 9.59 Å². The summed E-state index contributed by atoms with van der Waals surface area (Å²) in [6.45, 7) is 0.700. The molecule has 3 rings (SSSR count). The molecule has 0 radical (unpaired) electrons. The highest BCUT2D eigenvalue weighted by Crippen LogP contribution is 2.30. The molecule has 2 amide bonds. The lowest BCUT2D eigenvalue weighted by Gasteiger charge is -2.27. The second-order valence-corrected chi connectivity index (χ2v) is 7.65. The minimum absolute atomic E-state index is 0.0248. The Morgan fingerprint density at radius 3 is 2.14 bits per heavy atom. The highest BCUT2D eigenvalue weighted by molar-refractivity contribution is 5.92. The maximum absolute atomic E-state index is 12.5. The third kappa shape index (κ3) is 6.34. The molecule has 0 aromatic heterocycles. The highest BCUT2D eigenvalue weighted by Gasteiger charge is 2.29. The number of hydrogen-bond donors (Lipinski definition) is 2. The fourth-order valence-corrected chi connectivity index (χ4v) is 3.83. The fraction of sp³-hybridized carbons (Fsp3) is 0.417. The number of benzene rings is 2. The molecule has 5 heteroatoms. The number of nitrogens with one attached hydrogen (secondary N) is 2. The van der Waals surface area contributed by atoms with Crippen molar-refractivity contribution in [3.63, 3.8) is 0 Å². The molecule has 0 spiro atoms. The Morgan fingerprint density at radius 2 is 1.52 bits per heavy atom. The van der Waals surface area contributed by atoms with Gasteiger partial charge in [0.25, 0.3) is 0 Å². The third-order valence-corrected chi connectivity index (χ3v) is 5.61. The van der Waals surface area contributed by atoms with Crippen molar-refractivity contribution in [1.29, 1.82) is 0 Å². The van der Waals surface area contributed by atoms with E-state index >= 15 is 0 Å².